The average Bonchev–Trinajstić information content (AvgIpc) is 3.11. The number of amides is 3. The summed E-state index contributed by atoms with van der Waals surface area (Å²) in [6.07, 6.45) is 1.49. The van der Waals surface area contributed by atoms with Gasteiger partial charge in [0.25, 0.3) is 0 Å². The molecule has 3 aliphatic heterocycles. The van der Waals surface area contributed by atoms with Gasteiger partial charge < -0.3 is 15.5 Å². The number of urea groups is 1. The fourth-order valence-electron chi connectivity index (χ4n) is 3.33. The van der Waals surface area contributed by atoms with Crippen molar-refractivity contribution in [1.82, 2.24) is 20.6 Å². The summed E-state index contributed by atoms with van der Waals surface area (Å²) in [7, 11) is -4.80. The monoisotopic (exact) mass is 361 g/mol. The van der Waals surface area contributed by atoms with E-state index in [-0.39, 0.29) is 24.2 Å². The van der Waals surface area contributed by atoms with Gasteiger partial charge >= 0.3 is 16.4 Å². The third-order valence-corrected chi connectivity index (χ3v) is 4.87. The van der Waals surface area contributed by atoms with Crippen LogP contribution in [0.5, 0.6) is 0 Å². The van der Waals surface area contributed by atoms with Gasteiger partial charge in [-0.05, 0) is 25.8 Å². The van der Waals surface area contributed by atoms with Gasteiger partial charge in [0.15, 0.2) is 0 Å². The van der Waals surface area contributed by atoms with Crippen LogP contribution in [0.2, 0.25) is 0 Å². The van der Waals surface area contributed by atoms with Crippen molar-refractivity contribution in [3.63, 3.8) is 0 Å². The molecule has 0 spiro atoms. The van der Waals surface area contributed by atoms with E-state index in [1.54, 1.807) is 0 Å². The minimum atomic E-state index is -4.80. The van der Waals surface area contributed by atoms with Gasteiger partial charge in [0.1, 0.15) is 5.84 Å². The van der Waals surface area contributed by atoms with Crippen LogP contribution in [0, 0.1) is 11.3 Å². The number of carbonyl (C=O) groups excluding carboxylic acids is 2. The first-order chi connectivity index (χ1) is 11.3. The standard InChI is InChI=1S/C12H19N5O6S/c13-10(15-11(18)7-3-4-14-5-7)9-2-1-8-6-16(9)12(19)17(8)23-24(20,21)22/h7-9,14H,1-6H2,(H2,13,15,18)(H,20,21,22)/t7?,8-,9+/m1/s1. The molecular formula is C12H19N5O6S. The first kappa shape index (κ1) is 17.1. The highest BCUT2D eigenvalue weighted by Gasteiger charge is 2.48. The second kappa shape index (κ2) is 6.27. The summed E-state index contributed by atoms with van der Waals surface area (Å²) in [5.74, 6) is -0.549. The number of nitrogens with one attached hydrogen (secondary N) is 3. The maximum absolute atomic E-state index is 12.3. The third-order valence-electron chi connectivity index (χ3n) is 4.52. The van der Waals surface area contributed by atoms with Crippen molar-refractivity contribution in [3.05, 3.63) is 0 Å². The second-order valence-electron chi connectivity index (χ2n) is 6.10. The molecule has 0 aromatic heterocycles. The molecule has 134 valence electrons. The normalized spacial score (nSPS) is 29.9. The SMILES string of the molecule is N=C(NC(=O)C1CCNC1)[C@@H]1CC[C@@H]2CN1C(=O)N2OS(=O)(=O)O. The molecule has 24 heavy (non-hydrogen) atoms. The van der Waals surface area contributed by atoms with Gasteiger partial charge in [0.05, 0.1) is 18.0 Å². The molecule has 3 heterocycles. The van der Waals surface area contributed by atoms with E-state index in [9.17, 15) is 18.0 Å². The summed E-state index contributed by atoms with van der Waals surface area (Å²) < 4.78 is 34.8. The van der Waals surface area contributed by atoms with Gasteiger partial charge in [-0.15, -0.1) is 4.28 Å². The lowest BCUT2D eigenvalue weighted by atomic mass is 9.99. The van der Waals surface area contributed by atoms with Crippen LogP contribution in [0.1, 0.15) is 19.3 Å². The molecule has 12 heteroatoms. The Morgan fingerprint density at radius 2 is 2.12 bits per heavy atom. The molecule has 3 rings (SSSR count). The van der Waals surface area contributed by atoms with Crippen molar-refractivity contribution in [1.29, 1.82) is 5.41 Å². The molecule has 3 aliphatic rings. The second-order valence-corrected chi connectivity index (χ2v) is 7.11. The number of hydrogen-bond acceptors (Lipinski definition) is 7. The van der Waals surface area contributed by atoms with Crippen LogP contribution in [0.3, 0.4) is 0 Å². The summed E-state index contributed by atoms with van der Waals surface area (Å²) in [6, 6.07) is -1.91. The van der Waals surface area contributed by atoms with Crippen LogP contribution in [-0.2, 0) is 19.5 Å². The highest BCUT2D eigenvalue weighted by molar-refractivity contribution is 7.80. The number of amidine groups is 1. The van der Waals surface area contributed by atoms with Crippen molar-refractivity contribution in [2.75, 3.05) is 19.6 Å². The summed E-state index contributed by atoms with van der Waals surface area (Å²) in [4.78, 5) is 25.6. The van der Waals surface area contributed by atoms with Crippen LogP contribution in [0.4, 0.5) is 4.79 Å². The maximum Gasteiger partial charge on any atom is 0.418 e. The van der Waals surface area contributed by atoms with Gasteiger partial charge in [-0.1, -0.05) is 0 Å². The molecule has 11 nitrogen and oxygen atoms in total. The van der Waals surface area contributed by atoms with Gasteiger partial charge in [-0.3, -0.25) is 14.8 Å². The molecule has 1 unspecified atom stereocenters. The Hall–Kier alpha value is -1.76. The smallest absolute Gasteiger partial charge is 0.316 e. The predicted molar refractivity (Wildman–Crippen MR) is 80.2 cm³/mol. The van der Waals surface area contributed by atoms with E-state index in [2.05, 4.69) is 14.9 Å². The molecule has 0 saturated carbocycles. The minimum Gasteiger partial charge on any atom is -0.316 e. The van der Waals surface area contributed by atoms with Crippen LogP contribution >= 0.6 is 0 Å². The molecule has 4 N–H and O–H groups in total. The molecular weight excluding hydrogens is 342 g/mol. The Labute approximate surface area is 138 Å². The highest BCUT2D eigenvalue weighted by atomic mass is 32.3. The molecule has 3 atom stereocenters. The van der Waals surface area contributed by atoms with Crippen LogP contribution in [-0.4, -0.2) is 72.4 Å². The summed E-state index contributed by atoms with van der Waals surface area (Å²) in [5, 5.41) is 14.3. The van der Waals surface area contributed by atoms with E-state index in [0.717, 1.165) is 6.54 Å². The van der Waals surface area contributed by atoms with E-state index in [1.807, 2.05) is 0 Å². The number of rotatable bonds is 4. The maximum atomic E-state index is 12.3. The first-order valence-electron chi connectivity index (χ1n) is 7.63. The molecule has 3 fully saturated rings. The number of carbonyl (C=O) groups is 2. The Kier molecular flexibility index (Phi) is 4.46. The Morgan fingerprint density at radius 3 is 2.75 bits per heavy atom. The van der Waals surface area contributed by atoms with E-state index in [0.29, 0.717) is 30.9 Å². The number of hydroxylamine groups is 2. The predicted octanol–water partition coefficient (Wildman–Crippen LogP) is -1.31. The summed E-state index contributed by atoms with van der Waals surface area (Å²) in [5.41, 5.74) is 0. The van der Waals surface area contributed by atoms with Crippen molar-refractivity contribution in [2.24, 2.45) is 5.92 Å². The molecule has 0 aromatic rings. The van der Waals surface area contributed by atoms with Crippen LogP contribution in [0.25, 0.3) is 0 Å². The van der Waals surface area contributed by atoms with Crippen molar-refractivity contribution in [2.45, 2.75) is 31.3 Å². The van der Waals surface area contributed by atoms with E-state index in [4.69, 9.17) is 9.96 Å². The summed E-state index contributed by atoms with van der Waals surface area (Å²) >= 11 is 0. The lowest BCUT2D eigenvalue weighted by Gasteiger charge is -2.31. The Bertz CT molecular complexity index is 661. The molecule has 3 amide bonds. The van der Waals surface area contributed by atoms with Crippen LogP contribution < -0.4 is 10.6 Å². The molecule has 0 aromatic carbocycles. The third kappa shape index (κ3) is 3.36. The number of nitrogens with zero attached hydrogens (tertiary/aromatic N) is 2. The highest BCUT2D eigenvalue weighted by Crippen LogP contribution is 2.30. The zero-order valence-corrected chi connectivity index (χ0v) is 13.6. The molecule has 3 saturated heterocycles. The minimum absolute atomic E-state index is 0.0904. The largest absolute Gasteiger partial charge is 0.418 e. The van der Waals surface area contributed by atoms with Gasteiger partial charge in [-0.2, -0.15) is 13.5 Å². The fraction of sp³-hybridized carbons (Fsp3) is 0.750. The van der Waals surface area contributed by atoms with Crippen molar-refractivity contribution in [3.8, 4) is 0 Å². The van der Waals surface area contributed by atoms with Gasteiger partial charge in [0, 0.05) is 13.1 Å². The van der Waals surface area contributed by atoms with E-state index in [1.165, 1.54) is 4.90 Å². The van der Waals surface area contributed by atoms with Gasteiger partial charge in [0.2, 0.25) is 5.91 Å². The van der Waals surface area contributed by atoms with Crippen molar-refractivity contribution < 1.29 is 26.8 Å². The lowest BCUT2D eigenvalue weighted by Crippen LogP contribution is -2.51. The van der Waals surface area contributed by atoms with E-state index < -0.39 is 28.5 Å². The molecule has 0 aliphatic carbocycles. The first-order valence-corrected chi connectivity index (χ1v) is 8.99. The van der Waals surface area contributed by atoms with Crippen LogP contribution in [0.15, 0.2) is 0 Å². The average molecular weight is 361 g/mol. The lowest BCUT2D eigenvalue weighted by molar-refractivity contribution is -0.123. The fourth-order valence-corrected chi connectivity index (χ4v) is 3.72. The number of piperidine rings is 1. The number of fused-ring (bicyclic) bond motifs is 2. The van der Waals surface area contributed by atoms with E-state index >= 15 is 0 Å². The van der Waals surface area contributed by atoms with Crippen molar-refractivity contribution >= 4 is 28.2 Å². The van der Waals surface area contributed by atoms with Gasteiger partial charge in [-0.25, -0.2) is 4.79 Å². The number of hydrogen-bond donors (Lipinski definition) is 4. The Balaban J connectivity index is 1.65. The molecule has 0 radical (unpaired) electrons. The zero-order chi connectivity index (χ0) is 17.5. The molecule has 2 bridgehead atoms. The zero-order valence-electron chi connectivity index (χ0n) is 12.8. The Morgan fingerprint density at radius 1 is 1.38 bits per heavy atom. The summed E-state index contributed by atoms with van der Waals surface area (Å²) in [6.45, 7) is 1.48. The quantitative estimate of drug-likeness (QED) is 0.276. The topological polar surface area (TPSA) is 152 Å².